The van der Waals surface area contributed by atoms with Gasteiger partial charge in [-0.25, -0.2) is 0 Å². The van der Waals surface area contributed by atoms with Gasteiger partial charge in [-0.1, -0.05) is 69.2 Å². The first-order valence-electron chi connectivity index (χ1n) is 8.77. The Hall–Kier alpha value is 2.53. The summed E-state index contributed by atoms with van der Waals surface area (Å²) in [6, 6.07) is 0. The molecule has 6 heteroatoms. The van der Waals surface area contributed by atoms with Gasteiger partial charge in [0.2, 0.25) is 0 Å². The summed E-state index contributed by atoms with van der Waals surface area (Å²) in [7, 11) is 9.14. The molecule has 0 aromatic carbocycles. The summed E-state index contributed by atoms with van der Waals surface area (Å²) in [6.45, 7) is 22.0. The van der Waals surface area contributed by atoms with E-state index in [1.807, 2.05) is 34.6 Å². The summed E-state index contributed by atoms with van der Waals surface area (Å²) >= 11 is 9.59. The molecule has 2 aliphatic carbocycles. The summed E-state index contributed by atoms with van der Waals surface area (Å²) in [5, 5.41) is 0. The average molecular weight is 642 g/mol. The molecule has 0 aliphatic heterocycles. The van der Waals surface area contributed by atoms with Crippen LogP contribution in [0, 0.1) is 59.2 Å². The van der Waals surface area contributed by atoms with Gasteiger partial charge in [0.05, 0.1) is 12.5 Å². The van der Waals surface area contributed by atoms with Gasteiger partial charge in [-0.2, -0.15) is 0 Å². The molecule has 2 rings (SSSR count). The zero-order chi connectivity index (χ0) is 23.8. The van der Waals surface area contributed by atoms with E-state index in [2.05, 4.69) is 114 Å². The molecule has 10 radical (unpaired) electrons. The predicted octanol–water partition coefficient (Wildman–Crippen LogP) is 6.57. The van der Waals surface area contributed by atoms with Crippen LogP contribution >= 0.6 is 19.4 Å². The molecule has 28 heavy (non-hydrogen) atoms. The summed E-state index contributed by atoms with van der Waals surface area (Å²) in [5.41, 5.74) is 0. The van der Waals surface area contributed by atoms with Crippen molar-refractivity contribution in [3.63, 3.8) is 0 Å². The van der Waals surface area contributed by atoms with E-state index in [4.69, 9.17) is 0 Å². The van der Waals surface area contributed by atoms with Crippen molar-refractivity contribution in [1.82, 2.24) is 0 Å². The minimum atomic E-state index is 1.47. The Morgan fingerprint density at radius 2 is 0.357 bits per heavy atom. The van der Waals surface area contributed by atoms with Crippen LogP contribution in [0.1, 0.15) is 69.2 Å². The first-order valence-corrected chi connectivity index (χ1v) is 15.2. The van der Waals surface area contributed by atoms with Gasteiger partial charge in [-0.3, -0.25) is 0 Å². The maximum atomic E-state index is 4.57. The van der Waals surface area contributed by atoms with E-state index in [1.165, 1.54) is 59.2 Å². The van der Waals surface area contributed by atoms with Crippen molar-refractivity contribution in [1.29, 1.82) is 0 Å². The molecule has 2 saturated carbocycles. The van der Waals surface area contributed by atoms with E-state index in [-0.39, 0.29) is 0 Å². The van der Waals surface area contributed by atoms with Crippen molar-refractivity contribution in [3.05, 3.63) is 59.2 Å². The van der Waals surface area contributed by atoms with Crippen LogP contribution in [-0.4, -0.2) is 12.5 Å². The van der Waals surface area contributed by atoms with Crippen LogP contribution in [0.3, 0.4) is 0 Å². The predicted molar refractivity (Wildman–Crippen MR) is 133 cm³/mol. The van der Waals surface area contributed by atoms with Crippen LogP contribution in [0.4, 0.5) is 0 Å². The Kier molecular flexibility index (Phi) is 30.7. The van der Waals surface area contributed by atoms with E-state index >= 15 is 0 Å². The molecule has 0 N–H and O–H groups in total. The van der Waals surface area contributed by atoms with Crippen molar-refractivity contribution in [3.8, 4) is 0 Å². The first-order chi connectivity index (χ1) is 13.1. The molecule has 2 aliphatic rings. The molecule has 0 saturated heterocycles. The van der Waals surface area contributed by atoms with Crippen molar-refractivity contribution in [2.75, 3.05) is 12.5 Å². The van der Waals surface area contributed by atoms with Crippen LogP contribution in [0.2, 0.25) is 0 Å². The summed E-state index contributed by atoms with van der Waals surface area (Å²) in [4.78, 5) is 0. The zero-order valence-corrected chi connectivity index (χ0v) is 26.5. The van der Waals surface area contributed by atoms with Gasteiger partial charge in [-0.15, -0.1) is 0 Å². The topological polar surface area (TPSA) is 0 Å². The fraction of sp³-hybridized carbons (Fsp3) is 0.545. The molecular formula is C22H40Cl2Ru2S2+2. The standard InChI is InChI=1S/2C10H15.2CH4S.2ClH.2Ru/c2*1-6-7(2)9(4)10(5)8(6)3;2*1-2;;;;/h2*1-5H3;2*2H,1H3;2*1H;;/q;;;;;;2*+1. The second kappa shape index (κ2) is 22.7. The van der Waals surface area contributed by atoms with E-state index in [1.54, 1.807) is 12.5 Å². The molecule has 0 amide bonds. The SMILES string of the molecule is C[C]1[C](C)[C](C)[C](C)[C]1C.C[C]1[C](C)[C](C)[C](C)[C]1C.C[SH2+].C[SH2+].[Cl][Ru].[Cl][Ru]. The second-order valence-corrected chi connectivity index (χ2v) is 6.25. The van der Waals surface area contributed by atoms with E-state index in [9.17, 15) is 0 Å². The summed E-state index contributed by atoms with van der Waals surface area (Å²) < 4.78 is 0. The van der Waals surface area contributed by atoms with Crippen LogP contribution in [0.5, 0.6) is 0 Å². The number of hydrogen-bond acceptors (Lipinski definition) is 0. The molecule has 168 valence electrons. The van der Waals surface area contributed by atoms with Gasteiger partial charge in [-0.05, 0) is 84.4 Å². The summed E-state index contributed by atoms with van der Waals surface area (Å²) in [6.07, 6.45) is 3.61. The number of rotatable bonds is 0. The third-order valence-corrected chi connectivity index (χ3v) is 5.62. The van der Waals surface area contributed by atoms with E-state index in [0.717, 1.165) is 0 Å². The molecule has 0 heterocycles. The number of hydrogen-bond donors (Lipinski definition) is 0. The average Bonchev–Trinajstić information content (AvgIpc) is 3.04. The Bertz CT molecular complexity index is 205. The molecule has 0 unspecified atom stereocenters. The molecule has 0 nitrogen and oxygen atoms in total. The summed E-state index contributed by atoms with van der Waals surface area (Å²) in [5.74, 6) is 14.7. The Morgan fingerprint density at radius 1 is 0.321 bits per heavy atom. The van der Waals surface area contributed by atoms with Crippen molar-refractivity contribution < 1.29 is 34.6 Å². The van der Waals surface area contributed by atoms with Gasteiger partial charge in [0.1, 0.15) is 0 Å². The Labute approximate surface area is 218 Å². The van der Waals surface area contributed by atoms with Gasteiger partial charge >= 0.3 is 54.0 Å². The third kappa shape index (κ3) is 12.0. The van der Waals surface area contributed by atoms with Crippen LogP contribution in [0.15, 0.2) is 0 Å². The van der Waals surface area contributed by atoms with Crippen molar-refractivity contribution >= 4 is 44.6 Å². The van der Waals surface area contributed by atoms with Crippen molar-refractivity contribution in [2.24, 2.45) is 0 Å². The monoisotopic (exact) mass is 642 g/mol. The van der Waals surface area contributed by atoms with Crippen LogP contribution < -0.4 is 0 Å². The fourth-order valence-electron chi connectivity index (χ4n) is 2.81. The minimum absolute atomic E-state index is 1.47. The maximum absolute atomic E-state index is 4.57. The van der Waals surface area contributed by atoms with E-state index in [0.29, 0.717) is 0 Å². The van der Waals surface area contributed by atoms with Crippen molar-refractivity contribution in [2.45, 2.75) is 69.2 Å². The molecule has 0 atom stereocenters. The Morgan fingerprint density at radius 3 is 0.393 bits per heavy atom. The molecule has 2 fully saturated rings. The van der Waals surface area contributed by atoms with E-state index < -0.39 is 0 Å². The zero-order valence-electron chi connectivity index (χ0n) is 19.5. The van der Waals surface area contributed by atoms with Gasteiger partial charge in [0.25, 0.3) is 0 Å². The van der Waals surface area contributed by atoms with Gasteiger partial charge in [0, 0.05) is 0 Å². The molecule has 0 aromatic rings. The molecular weight excluding hydrogens is 601 g/mol. The molecule has 0 spiro atoms. The normalized spacial score (nSPS) is 21.2. The van der Waals surface area contributed by atoms with Crippen LogP contribution in [0.25, 0.3) is 0 Å². The second-order valence-electron chi connectivity index (χ2n) is 6.25. The van der Waals surface area contributed by atoms with Gasteiger partial charge < -0.3 is 0 Å². The first kappa shape index (κ1) is 37.8. The quantitative estimate of drug-likeness (QED) is 0.207. The number of halogens is 2. The van der Waals surface area contributed by atoms with Gasteiger partial charge in [0.15, 0.2) is 0 Å². The van der Waals surface area contributed by atoms with Crippen LogP contribution in [-0.2, 0) is 59.9 Å². The molecule has 0 aromatic heterocycles. The fourth-order valence-corrected chi connectivity index (χ4v) is 2.81. The third-order valence-electron chi connectivity index (χ3n) is 5.62. The molecule has 0 bridgehead atoms. The Balaban J connectivity index is -0.000000152.